The SMILES string of the molecule is CCn1ncc(C(=O)N2[C@H]3CC[C@H]2c2cnc4cc(C)nn4c2C3)c1C. The van der Waals surface area contributed by atoms with Crippen molar-refractivity contribution in [2.24, 2.45) is 0 Å². The van der Waals surface area contributed by atoms with Gasteiger partial charge in [-0.05, 0) is 33.6 Å². The topological polar surface area (TPSA) is 68.3 Å². The molecule has 7 heteroatoms. The summed E-state index contributed by atoms with van der Waals surface area (Å²) in [5, 5.41) is 8.97. The number of rotatable bonds is 2. The fraction of sp³-hybridized carbons (Fsp3) is 0.474. The standard InChI is InChI=1S/C19H22N6O/c1-4-23-12(3)14(10-21-23)19(26)24-13-5-6-16(24)15-9-20-18-7-11(2)22-25(18)17(15)8-13/h7,9-10,13,16H,4-6,8H2,1-3H3/t13-,16-/m0/s1. The fourth-order valence-corrected chi connectivity index (χ4v) is 4.63. The average molecular weight is 350 g/mol. The zero-order chi connectivity index (χ0) is 18.0. The monoisotopic (exact) mass is 350 g/mol. The summed E-state index contributed by atoms with van der Waals surface area (Å²) >= 11 is 0. The molecule has 7 nitrogen and oxygen atoms in total. The number of carbonyl (C=O) groups excluding carboxylic acids is 1. The molecule has 0 unspecified atom stereocenters. The summed E-state index contributed by atoms with van der Waals surface area (Å²) in [5.74, 6) is 0.0945. The number of hydrogen-bond donors (Lipinski definition) is 0. The molecular formula is C19H22N6O. The van der Waals surface area contributed by atoms with Crippen LogP contribution in [0.2, 0.25) is 0 Å². The summed E-state index contributed by atoms with van der Waals surface area (Å²) < 4.78 is 3.85. The highest BCUT2D eigenvalue weighted by Gasteiger charge is 2.44. The Hall–Kier alpha value is -2.70. The Morgan fingerprint density at radius 2 is 2.12 bits per heavy atom. The first-order valence-electron chi connectivity index (χ1n) is 9.27. The molecule has 5 rings (SSSR count). The molecule has 3 aromatic rings. The minimum absolute atomic E-state index is 0.0852. The van der Waals surface area contributed by atoms with E-state index in [-0.39, 0.29) is 18.0 Å². The van der Waals surface area contributed by atoms with Crippen LogP contribution in [0.15, 0.2) is 18.5 Å². The van der Waals surface area contributed by atoms with Gasteiger partial charge in [-0.25, -0.2) is 9.50 Å². The molecule has 2 atom stereocenters. The van der Waals surface area contributed by atoms with E-state index < -0.39 is 0 Å². The van der Waals surface area contributed by atoms with Crippen LogP contribution in [0.5, 0.6) is 0 Å². The molecule has 0 saturated carbocycles. The van der Waals surface area contributed by atoms with Crippen LogP contribution in [0.3, 0.4) is 0 Å². The van der Waals surface area contributed by atoms with E-state index in [0.29, 0.717) is 0 Å². The maximum Gasteiger partial charge on any atom is 0.258 e. The lowest BCUT2D eigenvalue weighted by atomic mass is 9.98. The molecule has 0 spiro atoms. The molecule has 26 heavy (non-hydrogen) atoms. The third-order valence-corrected chi connectivity index (χ3v) is 5.90. The smallest absolute Gasteiger partial charge is 0.258 e. The zero-order valence-electron chi connectivity index (χ0n) is 15.3. The van der Waals surface area contributed by atoms with Gasteiger partial charge in [0.2, 0.25) is 0 Å². The van der Waals surface area contributed by atoms with Gasteiger partial charge >= 0.3 is 0 Å². The lowest BCUT2D eigenvalue weighted by molar-refractivity contribution is 0.0641. The Bertz CT molecular complexity index is 1030. The Kier molecular flexibility index (Phi) is 3.23. The van der Waals surface area contributed by atoms with E-state index in [0.717, 1.165) is 54.0 Å². The summed E-state index contributed by atoms with van der Waals surface area (Å²) in [6, 6.07) is 2.31. The van der Waals surface area contributed by atoms with Crippen LogP contribution in [0.1, 0.15) is 58.8 Å². The molecule has 5 heterocycles. The van der Waals surface area contributed by atoms with Gasteiger partial charge in [-0.2, -0.15) is 10.2 Å². The fourth-order valence-electron chi connectivity index (χ4n) is 4.63. The zero-order valence-corrected chi connectivity index (χ0v) is 15.3. The summed E-state index contributed by atoms with van der Waals surface area (Å²) in [6.07, 6.45) is 6.50. The number of hydrogen-bond acceptors (Lipinski definition) is 4. The van der Waals surface area contributed by atoms with Gasteiger partial charge in [-0.1, -0.05) is 0 Å². The second-order valence-corrected chi connectivity index (χ2v) is 7.34. The second-order valence-electron chi connectivity index (χ2n) is 7.34. The Morgan fingerprint density at radius 1 is 1.27 bits per heavy atom. The minimum atomic E-state index is 0.0852. The molecule has 134 valence electrons. The van der Waals surface area contributed by atoms with E-state index in [9.17, 15) is 4.79 Å². The van der Waals surface area contributed by atoms with Crippen molar-refractivity contribution in [1.29, 1.82) is 0 Å². The van der Waals surface area contributed by atoms with Crippen LogP contribution in [-0.4, -0.2) is 41.2 Å². The van der Waals surface area contributed by atoms with Crippen LogP contribution < -0.4 is 0 Å². The van der Waals surface area contributed by atoms with Crippen molar-refractivity contribution in [2.45, 2.75) is 58.7 Å². The molecule has 0 aliphatic carbocycles. The third kappa shape index (κ3) is 2.00. The molecule has 2 bridgehead atoms. The maximum atomic E-state index is 13.3. The lowest BCUT2D eigenvalue weighted by Gasteiger charge is -2.36. The van der Waals surface area contributed by atoms with Crippen molar-refractivity contribution in [3.63, 3.8) is 0 Å². The largest absolute Gasteiger partial charge is 0.328 e. The second kappa shape index (κ2) is 5.40. The predicted molar refractivity (Wildman–Crippen MR) is 96.0 cm³/mol. The van der Waals surface area contributed by atoms with Crippen molar-refractivity contribution < 1.29 is 4.79 Å². The Morgan fingerprint density at radius 3 is 2.88 bits per heavy atom. The van der Waals surface area contributed by atoms with Crippen LogP contribution >= 0.6 is 0 Å². The van der Waals surface area contributed by atoms with E-state index in [1.807, 2.05) is 42.2 Å². The lowest BCUT2D eigenvalue weighted by Crippen LogP contribution is -2.42. The number of carbonyl (C=O) groups is 1. The number of aromatic nitrogens is 5. The minimum Gasteiger partial charge on any atom is -0.328 e. The van der Waals surface area contributed by atoms with Gasteiger partial charge in [-0.15, -0.1) is 0 Å². The molecule has 1 fully saturated rings. The van der Waals surface area contributed by atoms with E-state index in [1.165, 1.54) is 5.69 Å². The van der Waals surface area contributed by atoms with Gasteiger partial charge in [-0.3, -0.25) is 9.48 Å². The normalized spacial score (nSPS) is 21.4. The molecule has 2 aliphatic heterocycles. The van der Waals surface area contributed by atoms with Gasteiger partial charge in [0.05, 0.1) is 29.2 Å². The van der Waals surface area contributed by atoms with Gasteiger partial charge < -0.3 is 4.90 Å². The first kappa shape index (κ1) is 15.5. The van der Waals surface area contributed by atoms with Crippen molar-refractivity contribution >= 4 is 11.6 Å². The van der Waals surface area contributed by atoms with E-state index >= 15 is 0 Å². The molecule has 0 N–H and O–H groups in total. The molecule has 3 aromatic heterocycles. The number of aryl methyl sites for hydroxylation is 2. The highest BCUT2D eigenvalue weighted by Crippen LogP contribution is 2.44. The van der Waals surface area contributed by atoms with Gasteiger partial charge in [0.15, 0.2) is 5.65 Å². The molecular weight excluding hydrogens is 328 g/mol. The van der Waals surface area contributed by atoms with Crippen LogP contribution in [0.25, 0.3) is 5.65 Å². The van der Waals surface area contributed by atoms with Crippen molar-refractivity contribution in [3.8, 4) is 0 Å². The molecule has 0 aromatic carbocycles. The van der Waals surface area contributed by atoms with Crippen LogP contribution in [0.4, 0.5) is 0 Å². The first-order valence-corrected chi connectivity index (χ1v) is 9.27. The summed E-state index contributed by atoms with van der Waals surface area (Å²) in [6.45, 7) is 6.77. The first-order chi connectivity index (χ1) is 12.6. The maximum absolute atomic E-state index is 13.3. The average Bonchev–Trinajstić information content (AvgIpc) is 3.28. The van der Waals surface area contributed by atoms with E-state index in [2.05, 4.69) is 20.1 Å². The van der Waals surface area contributed by atoms with E-state index in [1.54, 1.807) is 6.20 Å². The summed E-state index contributed by atoms with van der Waals surface area (Å²) in [4.78, 5) is 20.0. The molecule has 0 radical (unpaired) electrons. The van der Waals surface area contributed by atoms with Gasteiger partial charge in [0.1, 0.15) is 0 Å². The third-order valence-electron chi connectivity index (χ3n) is 5.90. The Labute approximate surface area is 151 Å². The van der Waals surface area contributed by atoms with Gasteiger partial charge in [0, 0.05) is 42.5 Å². The predicted octanol–water partition coefficient (Wildman–Crippen LogP) is 2.46. The van der Waals surface area contributed by atoms with Crippen molar-refractivity contribution in [1.82, 2.24) is 29.3 Å². The quantitative estimate of drug-likeness (QED) is 0.712. The number of amides is 1. The molecule has 1 saturated heterocycles. The van der Waals surface area contributed by atoms with Crippen LogP contribution in [-0.2, 0) is 13.0 Å². The Balaban J connectivity index is 1.58. The van der Waals surface area contributed by atoms with Crippen molar-refractivity contribution in [2.75, 3.05) is 0 Å². The van der Waals surface area contributed by atoms with Crippen LogP contribution in [0, 0.1) is 13.8 Å². The molecule has 1 amide bonds. The summed E-state index contributed by atoms with van der Waals surface area (Å²) in [7, 11) is 0. The number of fused-ring (bicyclic) bond motifs is 6. The summed E-state index contributed by atoms with van der Waals surface area (Å²) in [5.41, 5.74) is 5.87. The highest BCUT2D eigenvalue weighted by atomic mass is 16.2. The number of nitrogens with zero attached hydrogens (tertiary/aromatic N) is 6. The van der Waals surface area contributed by atoms with Crippen molar-refractivity contribution in [3.05, 3.63) is 46.7 Å². The van der Waals surface area contributed by atoms with E-state index in [4.69, 9.17) is 0 Å². The van der Waals surface area contributed by atoms with Gasteiger partial charge in [0.25, 0.3) is 5.91 Å². The molecule has 2 aliphatic rings. The highest BCUT2D eigenvalue weighted by molar-refractivity contribution is 5.96.